The summed E-state index contributed by atoms with van der Waals surface area (Å²) in [5.74, 6) is -1.21. The first-order chi connectivity index (χ1) is 18.8. The Kier molecular flexibility index (Phi) is 9.48. The van der Waals surface area contributed by atoms with Gasteiger partial charge in [0.2, 0.25) is 15.9 Å². The zero-order chi connectivity index (χ0) is 27.8. The molecule has 0 N–H and O–H groups in total. The van der Waals surface area contributed by atoms with Crippen LogP contribution in [-0.4, -0.2) is 66.6 Å². The number of hydrogen-bond donors (Lipinski definition) is 0. The number of halogens is 1. The summed E-state index contributed by atoms with van der Waals surface area (Å²) in [5, 5.41) is 0. The van der Waals surface area contributed by atoms with Crippen LogP contribution in [0, 0.1) is 5.82 Å². The number of amides is 2. The van der Waals surface area contributed by atoms with Gasteiger partial charge < -0.3 is 9.80 Å². The van der Waals surface area contributed by atoms with Gasteiger partial charge in [-0.1, -0.05) is 67.6 Å². The Morgan fingerprint density at radius 2 is 1.49 bits per heavy atom. The van der Waals surface area contributed by atoms with Crippen molar-refractivity contribution in [2.45, 2.75) is 43.7 Å². The number of sulfonamides is 1. The van der Waals surface area contributed by atoms with Gasteiger partial charge in [0.1, 0.15) is 5.82 Å². The Balaban J connectivity index is 1.52. The lowest BCUT2D eigenvalue weighted by molar-refractivity contribution is -0.135. The zero-order valence-electron chi connectivity index (χ0n) is 22.1. The number of rotatable bonds is 10. The van der Waals surface area contributed by atoms with Gasteiger partial charge >= 0.3 is 0 Å². The predicted molar refractivity (Wildman–Crippen MR) is 148 cm³/mol. The third-order valence-corrected chi connectivity index (χ3v) is 8.84. The first-order valence-corrected chi connectivity index (χ1v) is 14.7. The fourth-order valence-corrected chi connectivity index (χ4v) is 6.41. The summed E-state index contributed by atoms with van der Waals surface area (Å²) >= 11 is 0. The molecule has 2 amide bonds. The Labute approximate surface area is 229 Å². The standard InChI is InChI=1S/C30H34FN3O4S/c1-2-19-33(39(37,38)26-13-7-4-8-14-26)23-29(35)34(22-24-11-5-3-6-12-24)25-17-20-32(21-18-25)30(36)27-15-9-10-16-28(27)31/h3-16,25H,2,17-23H2,1H3. The van der Waals surface area contributed by atoms with E-state index in [1.54, 1.807) is 40.1 Å². The van der Waals surface area contributed by atoms with E-state index in [0.717, 1.165) is 5.56 Å². The number of piperidine rings is 1. The third-order valence-electron chi connectivity index (χ3n) is 6.98. The molecule has 3 aromatic carbocycles. The van der Waals surface area contributed by atoms with Crippen molar-refractivity contribution in [1.82, 2.24) is 14.1 Å². The lowest BCUT2D eigenvalue weighted by Gasteiger charge is -2.39. The van der Waals surface area contributed by atoms with E-state index in [2.05, 4.69) is 0 Å². The molecule has 0 spiro atoms. The molecule has 1 aliphatic rings. The molecule has 0 saturated carbocycles. The van der Waals surface area contributed by atoms with Crippen LogP contribution in [0.15, 0.2) is 89.8 Å². The molecule has 0 atom stereocenters. The minimum atomic E-state index is -3.85. The van der Waals surface area contributed by atoms with Crippen molar-refractivity contribution in [2.75, 3.05) is 26.2 Å². The van der Waals surface area contributed by atoms with Crippen molar-refractivity contribution in [3.63, 3.8) is 0 Å². The van der Waals surface area contributed by atoms with Crippen molar-refractivity contribution in [2.24, 2.45) is 0 Å². The highest BCUT2D eigenvalue weighted by molar-refractivity contribution is 7.89. The van der Waals surface area contributed by atoms with Gasteiger partial charge in [0.15, 0.2) is 0 Å². The molecule has 9 heteroatoms. The van der Waals surface area contributed by atoms with Crippen molar-refractivity contribution < 1.29 is 22.4 Å². The number of benzene rings is 3. The number of nitrogens with zero attached hydrogens (tertiary/aromatic N) is 3. The summed E-state index contributed by atoms with van der Waals surface area (Å²) in [5.41, 5.74) is 0.971. The predicted octanol–water partition coefficient (Wildman–Crippen LogP) is 4.56. The first-order valence-electron chi connectivity index (χ1n) is 13.2. The molecular formula is C30H34FN3O4S. The average molecular weight is 552 g/mol. The molecule has 0 aliphatic carbocycles. The Hall–Kier alpha value is -3.56. The van der Waals surface area contributed by atoms with Crippen LogP contribution in [0.2, 0.25) is 0 Å². The topological polar surface area (TPSA) is 78.0 Å². The van der Waals surface area contributed by atoms with Crippen molar-refractivity contribution >= 4 is 21.8 Å². The summed E-state index contributed by atoms with van der Waals surface area (Å²) in [6.07, 6.45) is 1.59. The highest BCUT2D eigenvalue weighted by Gasteiger charge is 2.33. The maximum absolute atomic E-state index is 14.2. The molecule has 1 saturated heterocycles. The van der Waals surface area contributed by atoms with Crippen LogP contribution < -0.4 is 0 Å². The van der Waals surface area contributed by atoms with Crippen molar-refractivity contribution in [3.8, 4) is 0 Å². The van der Waals surface area contributed by atoms with Crippen LogP contribution in [-0.2, 0) is 21.4 Å². The van der Waals surface area contributed by atoms with Gasteiger partial charge in [-0.25, -0.2) is 12.8 Å². The number of likely N-dealkylation sites (tertiary alicyclic amines) is 1. The monoisotopic (exact) mass is 551 g/mol. The van der Waals surface area contributed by atoms with E-state index in [1.807, 2.05) is 37.3 Å². The molecule has 206 valence electrons. The minimum absolute atomic E-state index is 0.0366. The van der Waals surface area contributed by atoms with Crippen molar-refractivity contribution in [3.05, 3.63) is 102 Å². The molecule has 39 heavy (non-hydrogen) atoms. The third kappa shape index (κ3) is 6.91. The van der Waals surface area contributed by atoms with Gasteiger partial charge in [0.05, 0.1) is 17.0 Å². The summed E-state index contributed by atoms with van der Waals surface area (Å²) in [4.78, 5) is 30.2. The van der Waals surface area contributed by atoms with Gasteiger partial charge in [-0.2, -0.15) is 4.31 Å². The molecule has 0 unspecified atom stereocenters. The summed E-state index contributed by atoms with van der Waals surface area (Å²) in [7, 11) is -3.85. The lowest BCUT2D eigenvalue weighted by atomic mass is 10.0. The number of carbonyl (C=O) groups is 2. The molecule has 3 aromatic rings. The lowest BCUT2D eigenvalue weighted by Crippen LogP contribution is -2.51. The Morgan fingerprint density at radius 1 is 0.897 bits per heavy atom. The normalized spacial score (nSPS) is 14.4. The van der Waals surface area contributed by atoms with E-state index in [1.165, 1.54) is 28.6 Å². The second-order valence-electron chi connectivity index (χ2n) is 9.66. The maximum Gasteiger partial charge on any atom is 0.256 e. The summed E-state index contributed by atoms with van der Waals surface area (Å²) in [6.45, 7) is 2.90. The molecule has 0 radical (unpaired) electrons. The smallest absolute Gasteiger partial charge is 0.256 e. The van der Waals surface area contributed by atoms with Gasteiger partial charge in [-0.15, -0.1) is 0 Å². The second kappa shape index (κ2) is 13.0. The van der Waals surface area contributed by atoms with Crippen LogP contribution in [0.4, 0.5) is 4.39 Å². The van der Waals surface area contributed by atoms with Gasteiger partial charge in [-0.3, -0.25) is 9.59 Å². The molecule has 1 fully saturated rings. The molecule has 7 nitrogen and oxygen atoms in total. The highest BCUT2D eigenvalue weighted by Crippen LogP contribution is 2.23. The van der Waals surface area contributed by atoms with Gasteiger partial charge in [0.25, 0.3) is 5.91 Å². The SMILES string of the molecule is CCCN(CC(=O)N(Cc1ccccc1)C1CCN(C(=O)c2ccccc2F)CC1)S(=O)(=O)c1ccccc1. The summed E-state index contributed by atoms with van der Waals surface area (Å²) in [6, 6.07) is 23.4. The Bertz CT molecular complexity index is 1360. The first kappa shape index (κ1) is 28.4. The zero-order valence-corrected chi connectivity index (χ0v) is 22.9. The number of carbonyl (C=O) groups excluding carboxylic acids is 2. The molecule has 0 aromatic heterocycles. The van der Waals surface area contributed by atoms with Crippen LogP contribution in [0.1, 0.15) is 42.1 Å². The van der Waals surface area contributed by atoms with E-state index in [9.17, 15) is 22.4 Å². The number of hydrogen-bond acceptors (Lipinski definition) is 4. The highest BCUT2D eigenvalue weighted by atomic mass is 32.2. The molecular weight excluding hydrogens is 517 g/mol. The van der Waals surface area contributed by atoms with Crippen LogP contribution in [0.5, 0.6) is 0 Å². The quantitative estimate of drug-likeness (QED) is 0.370. The van der Waals surface area contributed by atoms with Crippen LogP contribution in [0.3, 0.4) is 0 Å². The van der Waals surface area contributed by atoms with Gasteiger partial charge in [-0.05, 0) is 49.1 Å². The van der Waals surface area contributed by atoms with Crippen LogP contribution >= 0.6 is 0 Å². The van der Waals surface area contributed by atoms with Gasteiger partial charge in [0, 0.05) is 32.2 Å². The molecule has 1 aliphatic heterocycles. The van der Waals surface area contributed by atoms with E-state index in [4.69, 9.17) is 0 Å². The fourth-order valence-electron chi connectivity index (χ4n) is 4.90. The van der Waals surface area contributed by atoms with Crippen LogP contribution in [0.25, 0.3) is 0 Å². The molecule has 4 rings (SSSR count). The minimum Gasteiger partial charge on any atom is -0.338 e. The Morgan fingerprint density at radius 3 is 2.10 bits per heavy atom. The largest absolute Gasteiger partial charge is 0.338 e. The van der Waals surface area contributed by atoms with E-state index in [-0.39, 0.29) is 41.4 Å². The summed E-state index contributed by atoms with van der Waals surface area (Å²) < 4.78 is 42.2. The second-order valence-corrected chi connectivity index (χ2v) is 11.6. The fraction of sp³-hybridized carbons (Fsp3) is 0.333. The van der Waals surface area contributed by atoms with E-state index < -0.39 is 15.8 Å². The van der Waals surface area contributed by atoms with E-state index in [0.29, 0.717) is 38.9 Å². The van der Waals surface area contributed by atoms with Crippen molar-refractivity contribution in [1.29, 1.82) is 0 Å². The maximum atomic E-state index is 14.2. The average Bonchev–Trinajstić information content (AvgIpc) is 2.96. The molecule has 1 heterocycles. The van der Waals surface area contributed by atoms with E-state index >= 15 is 0 Å². The molecule has 0 bridgehead atoms.